The van der Waals surface area contributed by atoms with E-state index in [1.54, 1.807) is 122 Å². The van der Waals surface area contributed by atoms with Crippen molar-refractivity contribution in [1.82, 2.24) is 44.9 Å². The summed E-state index contributed by atoms with van der Waals surface area (Å²) in [6.45, 7) is 14.6. The van der Waals surface area contributed by atoms with Crippen molar-refractivity contribution in [3.05, 3.63) is 311 Å². The van der Waals surface area contributed by atoms with Gasteiger partial charge >= 0.3 is 30.1 Å². The number of methoxy groups -OCH3 is 2. The van der Waals surface area contributed by atoms with Crippen LogP contribution in [0.2, 0.25) is 0 Å². The predicted octanol–water partition coefficient (Wildman–Crippen LogP) is 15.4. The molecule has 0 saturated carbocycles. The number of nitriles is 1. The topological polar surface area (TPSA) is 309 Å². The summed E-state index contributed by atoms with van der Waals surface area (Å²) in [4.78, 5) is 94.8. The van der Waals surface area contributed by atoms with E-state index in [2.05, 4.69) is 74.0 Å². The van der Waals surface area contributed by atoms with Gasteiger partial charge in [0.15, 0.2) is 5.69 Å². The van der Waals surface area contributed by atoms with E-state index in [4.69, 9.17) is 36.6 Å². The third-order valence-corrected chi connectivity index (χ3v) is 13.6. The standard InChI is InChI=1S/C21H17N2O4.C19H14F3N2.C19H11N4.3C6H5NO2.3Ir/c1-13-12-22-18(14-4-8-16(9-5-14)20(24)26-2)19(23-13)15-6-10-17(11-7-15)21(25)27-3;1-12-3-5-15(6-4-12)18-17(23-11-13(2)24-18)14-7-9-16(10-8-14)19(20,21)22;1-13-12-22-18(15-5-3-14(11-20)4-6-15)19(23-13)16-7-9-17(21-2)10-8-16;3*8-6(9)5-3-1-2-4-7-5;;;/h4,6-12H,1-3H3;3-7,9-11H,1-2H3;3-5,7-10,12H,1H3;3*1-4H,(H,8,9);;;/q3*-1;;;;;;. The van der Waals surface area contributed by atoms with Crippen molar-refractivity contribution in [3.8, 4) is 73.6 Å². The van der Waals surface area contributed by atoms with Crippen molar-refractivity contribution in [1.29, 1.82) is 5.26 Å². The minimum atomic E-state index is -4.38. The molecule has 3 N–H and O–H groups in total. The zero-order valence-electron chi connectivity index (χ0n) is 55.5. The number of aryl methyl sites for hydroxylation is 4. The van der Waals surface area contributed by atoms with Crippen molar-refractivity contribution < 1.29 is 122 Å². The van der Waals surface area contributed by atoms with Gasteiger partial charge in [0.2, 0.25) is 0 Å². The van der Waals surface area contributed by atoms with Gasteiger partial charge in [-0.05, 0) is 110 Å². The van der Waals surface area contributed by atoms with Crippen LogP contribution >= 0.6 is 0 Å². The first-order valence-corrected chi connectivity index (χ1v) is 29.8. The number of hydrogen-bond acceptors (Lipinski definition) is 17. The van der Waals surface area contributed by atoms with E-state index in [1.807, 2.05) is 70.2 Å². The number of alkyl halides is 3. The number of esters is 2. The van der Waals surface area contributed by atoms with Crippen LogP contribution in [0.3, 0.4) is 0 Å². The van der Waals surface area contributed by atoms with E-state index < -0.39 is 41.6 Å². The van der Waals surface area contributed by atoms with Gasteiger partial charge in [0.25, 0.3) is 5.97 Å². The summed E-state index contributed by atoms with van der Waals surface area (Å²) in [6.07, 6.45) is 4.94. The van der Waals surface area contributed by atoms with Gasteiger partial charge in [-0.2, -0.15) is 13.2 Å². The van der Waals surface area contributed by atoms with Gasteiger partial charge in [0, 0.05) is 121 Å². The number of nitrogens with zero attached hydrogens (tertiary/aromatic N) is 11. The Bertz CT molecular complexity index is 4780. The predicted molar refractivity (Wildman–Crippen MR) is 366 cm³/mol. The average Bonchev–Trinajstić information content (AvgIpc) is 0.814. The molecule has 6 aromatic carbocycles. The van der Waals surface area contributed by atoms with Crippen LogP contribution in [0, 0.1) is 63.8 Å². The van der Waals surface area contributed by atoms with E-state index in [0.717, 1.165) is 62.7 Å². The van der Waals surface area contributed by atoms with E-state index in [0.29, 0.717) is 62.0 Å². The van der Waals surface area contributed by atoms with Gasteiger partial charge in [-0.15, -0.1) is 89.5 Å². The summed E-state index contributed by atoms with van der Waals surface area (Å²) >= 11 is 0. The molecule has 0 saturated heterocycles. The molecule has 0 bridgehead atoms. The molecule has 21 nitrogen and oxygen atoms in total. The molecule has 27 heteroatoms. The molecule has 0 aliphatic carbocycles. The van der Waals surface area contributed by atoms with E-state index in [9.17, 15) is 37.1 Å². The summed E-state index contributed by atoms with van der Waals surface area (Å²) in [6, 6.07) is 60.6. The number of carboxylic acids is 3. The zero-order valence-corrected chi connectivity index (χ0v) is 62.7. The van der Waals surface area contributed by atoms with E-state index >= 15 is 0 Å². The Kier molecular flexibility index (Phi) is 33.9. The summed E-state index contributed by atoms with van der Waals surface area (Å²) in [7, 11) is 2.67. The number of halogens is 3. The van der Waals surface area contributed by atoms with Crippen LogP contribution in [0.15, 0.2) is 219 Å². The minimum absolute atomic E-state index is 0. The van der Waals surface area contributed by atoms with Crippen molar-refractivity contribution in [3.63, 3.8) is 0 Å². The summed E-state index contributed by atoms with van der Waals surface area (Å²) in [5, 5.41) is 33.9. The monoisotopic (exact) mass is 1930 g/mol. The molecule has 0 aliphatic rings. The molecule has 0 atom stereocenters. The molecule has 6 aromatic heterocycles. The van der Waals surface area contributed by atoms with Gasteiger partial charge < -0.3 is 39.7 Å². The number of aromatic carboxylic acids is 3. The molecule has 12 aromatic rings. The number of ether oxygens (including phenoxy) is 2. The third kappa shape index (κ3) is 25.0. The first-order chi connectivity index (χ1) is 48.5. The Morgan fingerprint density at radius 1 is 0.452 bits per heavy atom. The number of carbonyl (C=O) groups excluding carboxylic acids is 2. The Hall–Kier alpha value is -11.9. The fraction of sp³-hybridized carbons (Fsp3) is 0.0909. The van der Waals surface area contributed by atoms with Gasteiger partial charge in [-0.25, -0.2) is 44.2 Å². The van der Waals surface area contributed by atoms with E-state index in [-0.39, 0.29) is 77.4 Å². The fourth-order valence-electron chi connectivity index (χ4n) is 8.59. The molecule has 531 valence electrons. The molecule has 0 unspecified atom stereocenters. The Labute approximate surface area is 636 Å². The SMILES string of the molecule is COC(=O)c1c[c-]c(-c2ncc(C)nc2-c2ccc(C(=O)OC)cc2)cc1.Cc1ccc(-c2nc(C)cnc2-c2[c-]cc(C(F)(F)F)cc2)cc1.O=C(O)c1ccccn1.O=C(O)c1ccccn1.O=C(O)c1ccccn1.[C-]#[N+]c1ccc(-c2nc(C)cnc2-c2[c-]cc(C#N)cc2)cc1.[Ir].[Ir].[Ir]. The molecule has 3 radical (unpaired) electrons. The molecule has 12 rings (SSSR count). The molecule has 6 heterocycles. The second-order valence-electron chi connectivity index (χ2n) is 20.9. The molecule has 104 heavy (non-hydrogen) atoms. The molecule has 0 amide bonds. The van der Waals surface area contributed by atoms with Crippen molar-refractivity contribution >= 4 is 35.5 Å². The number of pyridine rings is 3. The molecular weight excluding hydrogens is 1870 g/mol. The minimum Gasteiger partial charge on any atom is -0.477 e. The maximum absolute atomic E-state index is 12.7. The Morgan fingerprint density at radius 2 is 0.808 bits per heavy atom. The van der Waals surface area contributed by atoms with E-state index in [1.165, 1.54) is 57.1 Å². The van der Waals surface area contributed by atoms with Gasteiger partial charge in [0.05, 0.1) is 60.5 Å². The second-order valence-corrected chi connectivity index (χ2v) is 20.9. The van der Waals surface area contributed by atoms with Crippen molar-refractivity contribution in [2.45, 2.75) is 33.9 Å². The number of carbonyl (C=O) groups is 5. The van der Waals surface area contributed by atoms with Gasteiger partial charge in [-0.3, -0.25) is 19.7 Å². The Morgan fingerprint density at radius 3 is 1.11 bits per heavy atom. The van der Waals surface area contributed by atoms with Crippen LogP contribution in [0.25, 0.3) is 72.4 Å². The number of aromatic nitrogens is 9. The fourth-order valence-corrected chi connectivity index (χ4v) is 8.59. The molecular formula is C77H57F3Ir3N11O10-3. The van der Waals surface area contributed by atoms with Gasteiger partial charge in [0.1, 0.15) is 17.1 Å². The number of benzene rings is 6. The molecule has 0 spiro atoms. The van der Waals surface area contributed by atoms with Crippen LogP contribution in [-0.2, 0) is 76.0 Å². The van der Waals surface area contributed by atoms with Crippen LogP contribution < -0.4 is 0 Å². The maximum atomic E-state index is 12.7. The average molecular weight is 1930 g/mol. The first-order valence-electron chi connectivity index (χ1n) is 29.8. The van der Waals surface area contributed by atoms with Crippen LogP contribution in [0.5, 0.6) is 0 Å². The zero-order chi connectivity index (χ0) is 73.0. The summed E-state index contributed by atoms with van der Waals surface area (Å²) in [5.41, 5.74) is 13.3. The van der Waals surface area contributed by atoms with Crippen molar-refractivity contribution in [2.75, 3.05) is 14.2 Å². The summed E-state index contributed by atoms with van der Waals surface area (Å²) in [5.74, 6) is -3.79. The van der Waals surface area contributed by atoms with Gasteiger partial charge in [-0.1, -0.05) is 84.4 Å². The van der Waals surface area contributed by atoms with Crippen LogP contribution in [-0.4, -0.2) is 104 Å². The van der Waals surface area contributed by atoms with Crippen LogP contribution in [0.4, 0.5) is 18.9 Å². The first kappa shape index (κ1) is 84.5. The molecule has 0 aliphatic heterocycles. The summed E-state index contributed by atoms with van der Waals surface area (Å²) < 4.78 is 47.6. The smallest absolute Gasteiger partial charge is 0.381 e. The van der Waals surface area contributed by atoms with Crippen molar-refractivity contribution in [2.24, 2.45) is 0 Å². The number of hydrogen-bond donors (Lipinski definition) is 3. The maximum Gasteiger partial charge on any atom is 0.381 e. The van der Waals surface area contributed by atoms with Crippen LogP contribution in [0.1, 0.15) is 86.0 Å². The normalized spacial score (nSPS) is 9.84. The number of rotatable bonds is 11. The Balaban J connectivity index is 0.000000277. The molecule has 0 fully saturated rings. The number of carboxylic acid groups (broad SMARTS) is 3. The third-order valence-electron chi connectivity index (χ3n) is 13.6. The quantitative estimate of drug-likeness (QED) is 0.0800. The largest absolute Gasteiger partial charge is 0.477 e. The second kappa shape index (κ2) is 41.7.